The molecule has 0 aromatic carbocycles. The Morgan fingerprint density at radius 2 is 0.812 bits per heavy atom. The van der Waals surface area contributed by atoms with Crippen molar-refractivity contribution in [1.29, 1.82) is 0 Å². The van der Waals surface area contributed by atoms with Gasteiger partial charge in [0.15, 0.2) is 23.1 Å². The van der Waals surface area contributed by atoms with Crippen LogP contribution in [0.15, 0.2) is 69.9 Å². The maximum atomic E-state index is 13.4. The van der Waals surface area contributed by atoms with Gasteiger partial charge in [-0.1, -0.05) is 62.8 Å². The number of thiophene rings is 2. The molecule has 2 aromatic heterocycles. The molecule has 2 heterocycles. The van der Waals surface area contributed by atoms with Crippen LogP contribution in [0.5, 0.6) is 0 Å². The van der Waals surface area contributed by atoms with Crippen molar-refractivity contribution >= 4 is 69.1 Å². The van der Waals surface area contributed by atoms with Gasteiger partial charge in [-0.2, -0.15) is 0 Å². The van der Waals surface area contributed by atoms with Crippen molar-refractivity contribution in [2.24, 2.45) is 0 Å². The van der Waals surface area contributed by atoms with E-state index in [-0.39, 0.29) is 34.0 Å². The lowest BCUT2D eigenvalue weighted by molar-refractivity contribution is -0.116. The number of ketones is 4. The summed E-state index contributed by atoms with van der Waals surface area (Å²) in [5, 5.41) is 0. The van der Waals surface area contributed by atoms with Crippen molar-refractivity contribution in [3.8, 4) is 0 Å². The van der Waals surface area contributed by atoms with E-state index >= 15 is 0 Å². The lowest BCUT2D eigenvalue weighted by Crippen LogP contribution is -2.28. The minimum absolute atomic E-state index is 0.0760. The highest BCUT2D eigenvalue weighted by Gasteiger charge is 2.58. The molecule has 0 N–H and O–H groups in total. The molecule has 6 heteroatoms. The molecule has 0 unspecified atom stereocenters. The smallest absolute Gasteiger partial charge is 0.197 e. The molecule has 8 aliphatic rings. The minimum Gasteiger partial charge on any atom is -0.288 e. The zero-order valence-electron chi connectivity index (χ0n) is 27.0. The van der Waals surface area contributed by atoms with Crippen LogP contribution in [0.3, 0.4) is 0 Å². The van der Waals surface area contributed by atoms with E-state index in [4.69, 9.17) is 0 Å². The second-order valence-electron chi connectivity index (χ2n) is 14.9. The number of carbonyl (C=O) groups excluding carboxylic acids is 4. The van der Waals surface area contributed by atoms with E-state index in [1.54, 1.807) is 22.7 Å². The second kappa shape index (κ2) is 10.4. The summed E-state index contributed by atoms with van der Waals surface area (Å²) in [5.74, 6) is -0.477. The number of allylic oxidation sites excluding steroid dienone is 12. The first kappa shape index (κ1) is 29.2. The molecule has 2 aromatic rings. The first-order chi connectivity index (χ1) is 23.4. The minimum atomic E-state index is -0.119. The maximum Gasteiger partial charge on any atom is 0.197 e. The highest BCUT2D eigenvalue weighted by molar-refractivity contribution is 7.16. The van der Waals surface area contributed by atoms with E-state index in [1.165, 1.54) is 70.6 Å². The zero-order chi connectivity index (χ0) is 32.4. The average molecular weight is 669 g/mol. The topological polar surface area (TPSA) is 68.3 Å². The third-order valence-corrected chi connectivity index (χ3v) is 14.6. The highest BCUT2D eigenvalue weighted by atomic mass is 32.1. The van der Waals surface area contributed by atoms with Gasteiger partial charge in [0.1, 0.15) is 0 Å². The fourth-order valence-corrected chi connectivity index (χ4v) is 13.1. The number of Topliss-reactive ketones (excluding diaryl/α,β-unsaturated/α-hetero) is 4. The third kappa shape index (κ3) is 3.76. The van der Waals surface area contributed by atoms with Crippen molar-refractivity contribution in [2.75, 3.05) is 0 Å². The highest BCUT2D eigenvalue weighted by Crippen LogP contribution is 2.71. The Hall–Kier alpha value is -3.74. The van der Waals surface area contributed by atoms with Crippen LogP contribution >= 0.6 is 22.7 Å². The summed E-state index contributed by atoms with van der Waals surface area (Å²) in [6, 6.07) is 4.65. The average Bonchev–Trinajstić information content (AvgIpc) is 3.93. The maximum absolute atomic E-state index is 13.4. The Kier molecular flexibility index (Phi) is 6.32. The van der Waals surface area contributed by atoms with Crippen LogP contribution < -0.4 is 0 Å². The van der Waals surface area contributed by atoms with Gasteiger partial charge in [-0.3, -0.25) is 19.2 Å². The largest absolute Gasteiger partial charge is 0.288 e. The summed E-state index contributed by atoms with van der Waals surface area (Å²) >= 11 is 3.57. The summed E-state index contributed by atoms with van der Waals surface area (Å²) in [4.78, 5) is 58.3. The zero-order valence-corrected chi connectivity index (χ0v) is 28.6. The van der Waals surface area contributed by atoms with Crippen LogP contribution in [0.4, 0.5) is 0 Å². The SMILES string of the molecule is O=C1C(=Cc2cc3c(s2)C2=C(c4sc(C=C5C(=O)C6=CCCC=C6C5=O)cc4C24CCCCC4)C32CCCCC2)C(=O)C2=CCCC=C12. The lowest BCUT2D eigenvalue weighted by atomic mass is 9.67. The summed E-state index contributed by atoms with van der Waals surface area (Å²) in [6.07, 6.45) is 26.4. The van der Waals surface area contributed by atoms with Gasteiger partial charge in [-0.05, 0) is 97.9 Å². The summed E-state index contributed by atoms with van der Waals surface area (Å²) in [5.41, 5.74) is 8.72. The van der Waals surface area contributed by atoms with Crippen molar-refractivity contribution in [3.05, 3.63) is 101 Å². The standard InChI is InChI=1S/C42H36O4S2/c43-35-25-11-3-4-12-26(25)36(44)29(35)19-23-21-31-39(47-23)34-33(41(31)15-7-1-8-16-41)40-32(42(34)17-9-2-10-18-42)22-24(48-40)20-30-37(45)27-13-5-6-14-28(27)38(30)46/h11-14,19-22H,1-10,15-18H2. The van der Waals surface area contributed by atoms with Crippen LogP contribution in [0.2, 0.25) is 0 Å². The van der Waals surface area contributed by atoms with E-state index in [2.05, 4.69) is 12.1 Å². The van der Waals surface area contributed by atoms with E-state index in [1.807, 2.05) is 36.5 Å². The molecule has 48 heavy (non-hydrogen) atoms. The van der Waals surface area contributed by atoms with Crippen LogP contribution in [0.25, 0.3) is 23.3 Å². The Labute approximate surface area is 288 Å². The molecule has 0 saturated heterocycles. The van der Waals surface area contributed by atoms with Crippen molar-refractivity contribution in [3.63, 3.8) is 0 Å². The molecular weight excluding hydrogens is 633 g/mol. The second-order valence-corrected chi connectivity index (χ2v) is 17.0. The quantitative estimate of drug-likeness (QED) is 0.236. The first-order valence-corrected chi connectivity index (χ1v) is 19.5. The Bertz CT molecular complexity index is 1930. The molecule has 8 aliphatic carbocycles. The predicted octanol–water partition coefficient (Wildman–Crippen LogP) is 9.51. The van der Waals surface area contributed by atoms with Gasteiger partial charge < -0.3 is 0 Å². The number of rotatable bonds is 2. The monoisotopic (exact) mass is 668 g/mol. The molecule has 4 fully saturated rings. The molecule has 240 valence electrons. The third-order valence-electron chi connectivity index (χ3n) is 12.4. The first-order valence-electron chi connectivity index (χ1n) is 17.9. The Balaban J connectivity index is 1.13. The molecule has 4 saturated carbocycles. The van der Waals surface area contributed by atoms with Gasteiger partial charge in [0.2, 0.25) is 0 Å². The predicted molar refractivity (Wildman–Crippen MR) is 192 cm³/mol. The van der Waals surface area contributed by atoms with Gasteiger partial charge >= 0.3 is 0 Å². The molecule has 10 rings (SSSR count). The van der Waals surface area contributed by atoms with Gasteiger partial charge in [-0.25, -0.2) is 0 Å². The van der Waals surface area contributed by atoms with Crippen molar-refractivity contribution in [2.45, 2.75) is 101 Å². The number of fused-ring (bicyclic) bond motifs is 10. The van der Waals surface area contributed by atoms with Crippen LogP contribution in [-0.2, 0) is 30.0 Å². The van der Waals surface area contributed by atoms with Gasteiger partial charge in [0.05, 0.1) is 11.1 Å². The molecular formula is C42H36O4S2. The van der Waals surface area contributed by atoms with Crippen molar-refractivity contribution in [1.82, 2.24) is 0 Å². The van der Waals surface area contributed by atoms with Gasteiger partial charge in [0, 0.05) is 52.6 Å². The normalized spacial score (nSPS) is 24.8. The number of hydrogen-bond acceptors (Lipinski definition) is 6. The molecule has 2 spiro atoms. The number of carbonyl (C=O) groups is 4. The fourth-order valence-electron chi connectivity index (χ4n) is 10.3. The number of hydrogen-bond donors (Lipinski definition) is 0. The summed E-state index contributed by atoms with van der Waals surface area (Å²) < 4.78 is 0. The Morgan fingerprint density at radius 1 is 0.479 bits per heavy atom. The molecule has 0 radical (unpaired) electrons. The summed E-state index contributed by atoms with van der Waals surface area (Å²) in [7, 11) is 0. The van der Waals surface area contributed by atoms with E-state index < -0.39 is 0 Å². The lowest BCUT2D eigenvalue weighted by Gasteiger charge is -2.37. The van der Waals surface area contributed by atoms with E-state index in [0.29, 0.717) is 33.4 Å². The molecule has 0 atom stereocenters. The molecule has 0 amide bonds. The van der Waals surface area contributed by atoms with Crippen molar-refractivity contribution < 1.29 is 19.2 Å². The van der Waals surface area contributed by atoms with Crippen LogP contribution in [0, 0.1) is 0 Å². The molecule has 4 nitrogen and oxygen atoms in total. The molecule has 0 aliphatic heterocycles. The Morgan fingerprint density at radius 3 is 1.15 bits per heavy atom. The van der Waals surface area contributed by atoms with Crippen LogP contribution in [-0.4, -0.2) is 23.1 Å². The fraction of sp³-hybridized carbons (Fsp3) is 0.381. The summed E-state index contributed by atoms with van der Waals surface area (Å²) in [6.45, 7) is 0. The molecule has 0 bridgehead atoms. The van der Waals surface area contributed by atoms with E-state index in [0.717, 1.165) is 61.1 Å². The van der Waals surface area contributed by atoms with Gasteiger partial charge in [0.25, 0.3) is 0 Å². The van der Waals surface area contributed by atoms with Crippen LogP contribution in [0.1, 0.15) is 121 Å². The van der Waals surface area contributed by atoms with E-state index in [9.17, 15) is 19.2 Å². The van der Waals surface area contributed by atoms with Gasteiger partial charge in [-0.15, -0.1) is 22.7 Å².